The van der Waals surface area contributed by atoms with Crippen LogP contribution in [0.2, 0.25) is 0 Å². The molecule has 2 aromatic rings. The Morgan fingerprint density at radius 2 is 1.88 bits per heavy atom. The maximum atomic E-state index is 13.3. The van der Waals surface area contributed by atoms with E-state index in [0.717, 1.165) is 0 Å². The van der Waals surface area contributed by atoms with Gasteiger partial charge in [0.05, 0.1) is 12.6 Å². The Kier molecular flexibility index (Phi) is 6.07. The molecule has 140 valence electrons. The summed E-state index contributed by atoms with van der Waals surface area (Å²) in [6.45, 7) is 1.59. The zero-order valence-corrected chi connectivity index (χ0v) is 14.2. The van der Waals surface area contributed by atoms with Gasteiger partial charge >= 0.3 is 12.4 Å². The van der Waals surface area contributed by atoms with Crippen molar-refractivity contribution in [3.05, 3.63) is 65.5 Å². The van der Waals surface area contributed by atoms with E-state index in [1.165, 1.54) is 48.3 Å². The first-order valence-corrected chi connectivity index (χ1v) is 7.76. The molecule has 0 aliphatic carbocycles. The molecule has 0 aromatic heterocycles. The third-order valence-corrected chi connectivity index (χ3v) is 3.64. The zero-order valence-electron chi connectivity index (χ0n) is 14.2. The number of benzene rings is 2. The fourth-order valence-electron chi connectivity index (χ4n) is 2.34. The van der Waals surface area contributed by atoms with Crippen LogP contribution in [0.1, 0.15) is 24.1 Å². The fraction of sp³-hybridized carbons (Fsp3) is 0.278. The van der Waals surface area contributed by atoms with Crippen molar-refractivity contribution in [3.8, 4) is 5.75 Å². The average Bonchev–Trinajstić information content (AvgIpc) is 2.55. The van der Waals surface area contributed by atoms with Crippen molar-refractivity contribution >= 4 is 6.03 Å². The predicted octanol–water partition coefficient (Wildman–Crippen LogP) is 4.63. The summed E-state index contributed by atoms with van der Waals surface area (Å²) >= 11 is 0. The van der Waals surface area contributed by atoms with Gasteiger partial charge in [-0.15, -0.1) is 13.2 Å². The monoisotopic (exact) mass is 370 g/mol. The molecule has 2 amide bonds. The van der Waals surface area contributed by atoms with Crippen molar-refractivity contribution < 1.29 is 27.1 Å². The second kappa shape index (κ2) is 8.07. The number of carbonyl (C=O) groups is 1. The number of nitrogens with one attached hydrogen (secondary N) is 1. The van der Waals surface area contributed by atoms with Gasteiger partial charge in [-0.2, -0.15) is 0 Å². The molecule has 1 atom stereocenters. The van der Waals surface area contributed by atoms with E-state index in [0.29, 0.717) is 5.56 Å². The van der Waals surface area contributed by atoms with Crippen LogP contribution in [0, 0.1) is 5.82 Å². The standard InChI is InChI=1S/C18H18F4N2O2/c1-12(13-7-5-8-15(19)10-13)23-17(25)24(2)11-14-6-3-4-9-16(14)26-18(20,21)22/h3-10,12H,11H2,1-2H3,(H,23,25)/t12-/m1/s1. The second-order valence-corrected chi connectivity index (χ2v) is 5.74. The van der Waals surface area contributed by atoms with Gasteiger partial charge in [-0.3, -0.25) is 0 Å². The fourth-order valence-corrected chi connectivity index (χ4v) is 2.34. The Morgan fingerprint density at radius 1 is 1.19 bits per heavy atom. The van der Waals surface area contributed by atoms with Crippen molar-refractivity contribution in [2.75, 3.05) is 7.05 Å². The Labute approximate surface area is 148 Å². The number of amides is 2. The first-order valence-electron chi connectivity index (χ1n) is 7.76. The highest BCUT2D eigenvalue weighted by Gasteiger charge is 2.32. The van der Waals surface area contributed by atoms with Crippen LogP contribution in [0.4, 0.5) is 22.4 Å². The molecule has 2 rings (SSSR count). The molecular weight excluding hydrogens is 352 g/mol. The van der Waals surface area contributed by atoms with Crippen LogP contribution in [0.5, 0.6) is 5.75 Å². The number of rotatable bonds is 5. The van der Waals surface area contributed by atoms with Crippen LogP contribution >= 0.6 is 0 Å². The maximum absolute atomic E-state index is 13.3. The Bertz CT molecular complexity index is 765. The molecule has 26 heavy (non-hydrogen) atoms. The minimum atomic E-state index is -4.82. The zero-order chi connectivity index (χ0) is 19.3. The molecule has 8 heteroatoms. The summed E-state index contributed by atoms with van der Waals surface area (Å²) in [6.07, 6.45) is -4.82. The lowest BCUT2D eigenvalue weighted by molar-refractivity contribution is -0.275. The van der Waals surface area contributed by atoms with Gasteiger partial charge in [-0.05, 0) is 30.7 Å². The van der Waals surface area contributed by atoms with Gasteiger partial charge in [0.2, 0.25) is 0 Å². The molecule has 0 aliphatic rings. The molecule has 0 saturated heterocycles. The van der Waals surface area contributed by atoms with E-state index in [1.54, 1.807) is 19.1 Å². The third kappa shape index (κ3) is 5.65. The minimum Gasteiger partial charge on any atom is -0.405 e. The van der Waals surface area contributed by atoms with Gasteiger partial charge in [0, 0.05) is 12.6 Å². The van der Waals surface area contributed by atoms with Crippen LogP contribution < -0.4 is 10.1 Å². The van der Waals surface area contributed by atoms with E-state index in [9.17, 15) is 22.4 Å². The summed E-state index contributed by atoms with van der Waals surface area (Å²) in [5, 5.41) is 2.67. The summed E-state index contributed by atoms with van der Waals surface area (Å²) in [6, 6.07) is 10.4. The van der Waals surface area contributed by atoms with Crippen molar-refractivity contribution in [1.29, 1.82) is 0 Å². The van der Waals surface area contributed by atoms with Crippen LogP contribution in [0.3, 0.4) is 0 Å². The number of ether oxygens (including phenoxy) is 1. The maximum Gasteiger partial charge on any atom is 0.573 e. The van der Waals surface area contributed by atoms with Gasteiger partial charge in [0.1, 0.15) is 11.6 Å². The van der Waals surface area contributed by atoms with Gasteiger partial charge < -0.3 is 15.0 Å². The SMILES string of the molecule is C[C@@H](NC(=O)N(C)Cc1ccccc1OC(F)(F)F)c1cccc(F)c1. The van der Waals surface area contributed by atoms with E-state index in [1.807, 2.05) is 0 Å². The number of alkyl halides is 3. The highest BCUT2D eigenvalue weighted by atomic mass is 19.4. The highest BCUT2D eigenvalue weighted by Crippen LogP contribution is 2.27. The quantitative estimate of drug-likeness (QED) is 0.780. The largest absolute Gasteiger partial charge is 0.573 e. The molecule has 4 nitrogen and oxygen atoms in total. The Morgan fingerprint density at radius 3 is 2.54 bits per heavy atom. The number of carbonyl (C=O) groups excluding carboxylic acids is 1. The van der Waals surface area contributed by atoms with E-state index >= 15 is 0 Å². The number of para-hydroxylation sites is 1. The van der Waals surface area contributed by atoms with Gasteiger partial charge in [0.25, 0.3) is 0 Å². The van der Waals surface area contributed by atoms with Crippen LogP contribution in [0.25, 0.3) is 0 Å². The average molecular weight is 370 g/mol. The first kappa shape index (κ1) is 19.6. The smallest absolute Gasteiger partial charge is 0.405 e. The van der Waals surface area contributed by atoms with Crippen molar-refractivity contribution in [3.63, 3.8) is 0 Å². The predicted molar refractivity (Wildman–Crippen MR) is 87.9 cm³/mol. The number of urea groups is 1. The molecule has 0 spiro atoms. The lowest BCUT2D eigenvalue weighted by atomic mass is 10.1. The van der Waals surface area contributed by atoms with Gasteiger partial charge in [0.15, 0.2) is 0 Å². The summed E-state index contributed by atoms with van der Waals surface area (Å²) in [5.41, 5.74) is 0.786. The molecule has 1 N–H and O–H groups in total. The molecule has 0 fully saturated rings. The molecule has 0 unspecified atom stereocenters. The molecule has 0 bridgehead atoms. The van der Waals surface area contributed by atoms with E-state index in [4.69, 9.17) is 0 Å². The number of hydrogen-bond acceptors (Lipinski definition) is 2. The van der Waals surface area contributed by atoms with Crippen LogP contribution in [-0.2, 0) is 6.54 Å². The number of halogens is 4. The minimum absolute atomic E-state index is 0.0893. The Balaban J connectivity index is 2.03. The number of nitrogens with zero attached hydrogens (tertiary/aromatic N) is 1. The molecule has 0 saturated carbocycles. The first-order chi connectivity index (χ1) is 12.2. The van der Waals surface area contributed by atoms with E-state index in [2.05, 4.69) is 10.1 Å². The van der Waals surface area contributed by atoms with Gasteiger partial charge in [-0.25, -0.2) is 9.18 Å². The van der Waals surface area contributed by atoms with E-state index < -0.39 is 24.3 Å². The highest BCUT2D eigenvalue weighted by molar-refractivity contribution is 5.74. The summed E-state index contributed by atoms with van der Waals surface area (Å²) < 4.78 is 54.6. The topological polar surface area (TPSA) is 41.6 Å². The molecule has 0 radical (unpaired) electrons. The van der Waals surface area contributed by atoms with Gasteiger partial charge in [-0.1, -0.05) is 30.3 Å². The third-order valence-electron chi connectivity index (χ3n) is 3.64. The normalized spacial score (nSPS) is 12.4. The van der Waals surface area contributed by atoms with E-state index in [-0.39, 0.29) is 17.9 Å². The summed E-state index contributed by atoms with van der Waals surface area (Å²) in [5.74, 6) is -0.784. The summed E-state index contributed by atoms with van der Waals surface area (Å²) in [4.78, 5) is 13.5. The lowest BCUT2D eigenvalue weighted by Crippen LogP contribution is -2.38. The molecule has 0 aliphatic heterocycles. The summed E-state index contributed by atoms with van der Waals surface area (Å²) in [7, 11) is 1.44. The second-order valence-electron chi connectivity index (χ2n) is 5.74. The number of hydrogen-bond donors (Lipinski definition) is 1. The molecule has 0 heterocycles. The van der Waals surface area contributed by atoms with Crippen molar-refractivity contribution in [2.45, 2.75) is 25.9 Å². The van der Waals surface area contributed by atoms with Crippen LogP contribution in [0.15, 0.2) is 48.5 Å². The van der Waals surface area contributed by atoms with Crippen LogP contribution in [-0.4, -0.2) is 24.3 Å². The molecule has 2 aromatic carbocycles. The van der Waals surface area contributed by atoms with Crippen molar-refractivity contribution in [1.82, 2.24) is 10.2 Å². The van der Waals surface area contributed by atoms with Crippen molar-refractivity contribution in [2.24, 2.45) is 0 Å². The lowest BCUT2D eigenvalue weighted by Gasteiger charge is -2.23. The molecular formula is C18H18F4N2O2. The Hall–Kier alpha value is -2.77.